The number of rotatable bonds is 7. The van der Waals surface area contributed by atoms with Crippen molar-refractivity contribution in [3.63, 3.8) is 0 Å². The van der Waals surface area contributed by atoms with Crippen LogP contribution in [-0.4, -0.2) is 42.0 Å². The fourth-order valence-electron chi connectivity index (χ4n) is 1.26. The SMILES string of the molecule is O=C(Cl)[C@H](CCCCNC(=O)C(F)(F)F)NC(=O)C(F)(F)F. The molecule has 0 aliphatic heterocycles. The van der Waals surface area contributed by atoms with Crippen LogP contribution in [0.1, 0.15) is 19.3 Å². The molecule has 0 saturated carbocycles. The summed E-state index contributed by atoms with van der Waals surface area (Å²) in [5, 5.41) is 1.67. The molecule has 5 nitrogen and oxygen atoms in total. The van der Waals surface area contributed by atoms with Gasteiger partial charge >= 0.3 is 24.2 Å². The molecule has 0 spiro atoms. The van der Waals surface area contributed by atoms with Crippen molar-refractivity contribution in [1.29, 1.82) is 0 Å². The van der Waals surface area contributed by atoms with E-state index in [1.54, 1.807) is 5.32 Å². The monoisotopic (exact) mass is 356 g/mol. The zero-order valence-electron chi connectivity index (χ0n) is 10.8. The zero-order valence-corrected chi connectivity index (χ0v) is 11.5. The highest BCUT2D eigenvalue weighted by molar-refractivity contribution is 6.64. The van der Waals surface area contributed by atoms with E-state index in [0.717, 1.165) is 0 Å². The molecule has 0 bridgehead atoms. The minimum absolute atomic E-state index is 0.0423. The highest BCUT2D eigenvalue weighted by Crippen LogP contribution is 2.16. The summed E-state index contributed by atoms with van der Waals surface area (Å²) in [5.41, 5.74) is 0. The second kappa shape index (κ2) is 8.20. The standard InChI is InChI=1S/C10H11ClF6N2O3/c11-6(20)5(19-8(22)10(15,16)17)3-1-2-4-18-7(21)9(12,13)14/h5H,1-4H2,(H,18,21)(H,19,22)/t5-/m0/s1. The Morgan fingerprint density at radius 2 is 1.41 bits per heavy atom. The summed E-state index contributed by atoms with van der Waals surface area (Å²) < 4.78 is 71.4. The fraction of sp³-hybridized carbons (Fsp3) is 0.700. The first-order chi connectivity index (χ1) is 9.85. The molecule has 0 fully saturated rings. The number of hydrogen-bond donors (Lipinski definition) is 2. The van der Waals surface area contributed by atoms with Gasteiger partial charge in [-0.25, -0.2) is 0 Å². The van der Waals surface area contributed by atoms with Crippen LogP contribution < -0.4 is 10.6 Å². The number of amides is 2. The normalized spacial score (nSPS) is 13.4. The van der Waals surface area contributed by atoms with Crippen molar-refractivity contribution in [2.45, 2.75) is 37.7 Å². The number of unbranched alkanes of at least 4 members (excludes halogenated alkanes) is 1. The predicted molar refractivity (Wildman–Crippen MR) is 61.8 cm³/mol. The average Bonchev–Trinajstić information content (AvgIpc) is 2.33. The maximum absolute atomic E-state index is 12.0. The smallest absolute Gasteiger partial charge is 0.348 e. The third-order valence-corrected chi connectivity index (χ3v) is 2.56. The van der Waals surface area contributed by atoms with E-state index in [0.29, 0.717) is 0 Å². The Kier molecular flexibility index (Phi) is 7.64. The Balaban J connectivity index is 4.16. The molecule has 2 N–H and O–H groups in total. The van der Waals surface area contributed by atoms with E-state index in [9.17, 15) is 40.7 Å². The fourth-order valence-corrected chi connectivity index (χ4v) is 1.42. The molecule has 0 aromatic heterocycles. The van der Waals surface area contributed by atoms with Gasteiger partial charge in [0.25, 0.3) is 0 Å². The highest BCUT2D eigenvalue weighted by atomic mass is 35.5. The molecule has 22 heavy (non-hydrogen) atoms. The van der Waals surface area contributed by atoms with Gasteiger partial charge in [0.2, 0.25) is 5.24 Å². The Hall–Kier alpha value is -1.52. The van der Waals surface area contributed by atoms with Gasteiger partial charge in [0, 0.05) is 6.54 Å². The number of carbonyl (C=O) groups is 3. The maximum atomic E-state index is 12.0. The molecular formula is C10H11ClF6N2O3. The molecule has 128 valence electrons. The second-order valence-electron chi connectivity index (χ2n) is 4.08. The number of hydrogen-bond acceptors (Lipinski definition) is 3. The lowest BCUT2D eigenvalue weighted by molar-refractivity contribution is -0.174. The quantitative estimate of drug-likeness (QED) is 0.414. The first kappa shape index (κ1) is 20.5. The van der Waals surface area contributed by atoms with Crippen LogP contribution in [0.4, 0.5) is 26.3 Å². The summed E-state index contributed by atoms with van der Waals surface area (Å²) in [4.78, 5) is 31.9. The van der Waals surface area contributed by atoms with Crippen LogP contribution in [0.15, 0.2) is 0 Å². The number of carbonyl (C=O) groups excluding carboxylic acids is 3. The van der Waals surface area contributed by atoms with Gasteiger partial charge in [-0.3, -0.25) is 14.4 Å². The van der Waals surface area contributed by atoms with Crippen LogP contribution in [0.2, 0.25) is 0 Å². The molecule has 12 heteroatoms. The van der Waals surface area contributed by atoms with Crippen molar-refractivity contribution in [1.82, 2.24) is 10.6 Å². The van der Waals surface area contributed by atoms with Gasteiger partial charge in [-0.05, 0) is 30.9 Å². The topological polar surface area (TPSA) is 75.3 Å². The van der Waals surface area contributed by atoms with Gasteiger partial charge in [0.05, 0.1) is 0 Å². The van der Waals surface area contributed by atoms with E-state index in [-0.39, 0.29) is 19.3 Å². The van der Waals surface area contributed by atoms with Crippen LogP contribution >= 0.6 is 11.6 Å². The molecule has 0 unspecified atom stereocenters. The van der Waals surface area contributed by atoms with Crippen LogP contribution in [0.3, 0.4) is 0 Å². The lowest BCUT2D eigenvalue weighted by Crippen LogP contribution is -2.45. The zero-order chi connectivity index (χ0) is 17.6. The second-order valence-corrected chi connectivity index (χ2v) is 4.45. The van der Waals surface area contributed by atoms with Gasteiger partial charge in [-0.15, -0.1) is 0 Å². The summed E-state index contributed by atoms with van der Waals surface area (Å²) in [6.45, 7) is -0.394. The average molecular weight is 357 g/mol. The Morgan fingerprint density at radius 1 is 0.909 bits per heavy atom. The lowest BCUT2D eigenvalue weighted by Gasteiger charge is -2.16. The van der Waals surface area contributed by atoms with E-state index in [2.05, 4.69) is 0 Å². The van der Waals surface area contributed by atoms with Gasteiger partial charge in [0.1, 0.15) is 6.04 Å². The maximum Gasteiger partial charge on any atom is 0.471 e. The van der Waals surface area contributed by atoms with E-state index in [4.69, 9.17) is 11.6 Å². The molecule has 0 aliphatic rings. The molecule has 0 aliphatic carbocycles. The molecule has 0 aromatic rings. The highest BCUT2D eigenvalue weighted by Gasteiger charge is 2.40. The van der Waals surface area contributed by atoms with Crippen molar-refractivity contribution in [2.75, 3.05) is 6.54 Å². The third kappa shape index (κ3) is 8.05. The van der Waals surface area contributed by atoms with Crippen LogP contribution in [-0.2, 0) is 14.4 Å². The first-order valence-corrected chi connectivity index (χ1v) is 6.15. The summed E-state index contributed by atoms with van der Waals surface area (Å²) in [6, 6.07) is -1.62. The molecular weight excluding hydrogens is 346 g/mol. The van der Waals surface area contributed by atoms with E-state index in [1.165, 1.54) is 5.32 Å². The van der Waals surface area contributed by atoms with Crippen LogP contribution in [0, 0.1) is 0 Å². The van der Waals surface area contributed by atoms with Gasteiger partial charge < -0.3 is 10.6 Å². The summed E-state index contributed by atoms with van der Waals surface area (Å²) in [7, 11) is 0. The third-order valence-electron chi connectivity index (χ3n) is 2.30. The van der Waals surface area contributed by atoms with E-state index < -0.39 is 42.0 Å². The van der Waals surface area contributed by atoms with Crippen molar-refractivity contribution in [3.8, 4) is 0 Å². The minimum atomic E-state index is -5.19. The summed E-state index contributed by atoms with van der Waals surface area (Å²) >= 11 is 5.02. The number of nitrogens with one attached hydrogen (secondary N) is 2. The predicted octanol–water partition coefficient (Wildman–Crippen LogP) is 1.65. The van der Waals surface area contributed by atoms with Crippen LogP contribution in [0.25, 0.3) is 0 Å². The van der Waals surface area contributed by atoms with Gasteiger partial charge in [0.15, 0.2) is 0 Å². The molecule has 0 saturated heterocycles. The minimum Gasteiger partial charge on any atom is -0.348 e. The molecule has 0 radical (unpaired) electrons. The Labute approximate surface area is 125 Å². The number of halogens is 7. The van der Waals surface area contributed by atoms with Crippen molar-refractivity contribution in [2.24, 2.45) is 0 Å². The van der Waals surface area contributed by atoms with Crippen molar-refractivity contribution < 1.29 is 40.7 Å². The van der Waals surface area contributed by atoms with Crippen LogP contribution in [0.5, 0.6) is 0 Å². The summed E-state index contributed by atoms with van der Waals surface area (Å²) in [6.07, 6.45) is -10.6. The number of alkyl halides is 6. The summed E-state index contributed by atoms with van der Waals surface area (Å²) in [5.74, 6) is -4.50. The lowest BCUT2D eigenvalue weighted by atomic mass is 10.1. The van der Waals surface area contributed by atoms with Crippen molar-refractivity contribution >= 4 is 28.7 Å². The molecule has 1 atom stereocenters. The van der Waals surface area contributed by atoms with Crippen molar-refractivity contribution in [3.05, 3.63) is 0 Å². The van der Waals surface area contributed by atoms with E-state index >= 15 is 0 Å². The Bertz CT molecular complexity index is 424. The van der Waals surface area contributed by atoms with Gasteiger partial charge in [-0.1, -0.05) is 0 Å². The largest absolute Gasteiger partial charge is 0.471 e. The van der Waals surface area contributed by atoms with E-state index in [1.807, 2.05) is 0 Å². The molecule has 0 aromatic carbocycles. The Morgan fingerprint density at radius 3 is 1.82 bits per heavy atom. The first-order valence-electron chi connectivity index (χ1n) is 5.77. The van der Waals surface area contributed by atoms with Gasteiger partial charge in [-0.2, -0.15) is 26.3 Å². The molecule has 2 amide bonds. The molecule has 0 rings (SSSR count). The molecule has 0 heterocycles.